The second kappa shape index (κ2) is 3.94. The standard InChI is InChI=1S/C11H19N3O/c1-11(15,9-4-3-6-12-8-9)10-5-7-13-14(10)2/h5,7,9,12,15H,3-4,6,8H2,1-2H3. The van der Waals surface area contributed by atoms with Crippen LogP contribution in [0.2, 0.25) is 0 Å². The Labute approximate surface area is 90.3 Å². The van der Waals surface area contributed by atoms with E-state index in [9.17, 15) is 5.11 Å². The van der Waals surface area contributed by atoms with Crippen LogP contribution in [0.3, 0.4) is 0 Å². The minimum absolute atomic E-state index is 0.279. The zero-order valence-corrected chi connectivity index (χ0v) is 9.40. The number of rotatable bonds is 2. The maximum Gasteiger partial charge on any atom is 0.107 e. The summed E-state index contributed by atoms with van der Waals surface area (Å²) in [5, 5.41) is 18.0. The van der Waals surface area contributed by atoms with Gasteiger partial charge < -0.3 is 10.4 Å². The van der Waals surface area contributed by atoms with E-state index < -0.39 is 5.60 Å². The lowest BCUT2D eigenvalue weighted by atomic mass is 9.81. The molecular formula is C11H19N3O. The predicted molar refractivity (Wildman–Crippen MR) is 58.4 cm³/mol. The van der Waals surface area contributed by atoms with Gasteiger partial charge in [0, 0.05) is 25.7 Å². The summed E-state index contributed by atoms with van der Waals surface area (Å²) in [7, 11) is 1.88. The van der Waals surface area contributed by atoms with E-state index in [1.165, 1.54) is 0 Å². The first-order chi connectivity index (χ1) is 7.12. The Morgan fingerprint density at radius 2 is 2.47 bits per heavy atom. The van der Waals surface area contributed by atoms with E-state index in [2.05, 4.69) is 10.4 Å². The topological polar surface area (TPSA) is 50.1 Å². The molecular weight excluding hydrogens is 190 g/mol. The molecule has 2 heterocycles. The predicted octanol–water partition coefficient (Wildman–Crippen LogP) is 0.627. The molecule has 1 aliphatic rings. The maximum absolute atomic E-state index is 10.6. The lowest BCUT2D eigenvalue weighted by molar-refractivity contribution is -0.0224. The molecule has 84 valence electrons. The average Bonchev–Trinajstić information content (AvgIpc) is 2.66. The summed E-state index contributed by atoms with van der Waals surface area (Å²) >= 11 is 0. The fourth-order valence-electron chi connectivity index (χ4n) is 2.41. The zero-order chi connectivity index (χ0) is 10.9. The summed E-state index contributed by atoms with van der Waals surface area (Å²) in [6.45, 7) is 3.85. The largest absolute Gasteiger partial charge is 0.384 e. The second-order valence-corrected chi connectivity index (χ2v) is 4.53. The van der Waals surface area contributed by atoms with Gasteiger partial charge in [-0.1, -0.05) is 0 Å². The molecule has 0 aliphatic carbocycles. The van der Waals surface area contributed by atoms with Gasteiger partial charge in [-0.25, -0.2) is 0 Å². The van der Waals surface area contributed by atoms with Crippen molar-refractivity contribution in [3.05, 3.63) is 18.0 Å². The van der Waals surface area contributed by atoms with E-state index in [1.54, 1.807) is 10.9 Å². The SMILES string of the molecule is Cn1nccc1C(C)(O)C1CCCNC1. The summed E-state index contributed by atoms with van der Waals surface area (Å²) in [5.41, 5.74) is 0.120. The van der Waals surface area contributed by atoms with Gasteiger partial charge >= 0.3 is 0 Å². The van der Waals surface area contributed by atoms with Crippen LogP contribution in [0.4, 0.5) is 0 Å². The summed E-state index contributed by atoms with van der Waals surface area (Å²) in [6, 6.07) is 1.90. The molecule has 0 aromatic carbocycles. The molecule has 1 aromatic heterocycles. The van der Waals surface area contributed by atoms with Gasteiger partial charge in [-0.2, -0.15) is 5.10 Å². The molecule has 2 rings (SSSR count). The normalized spacial score (nSPS) is 26.2. The molecule has 4 nitrogen and oxygen atoms in total. The number of nitrogens with one attached hydrogen (secondary N) is 1. The van der Waals surface area contributed by atoms with Crippen LogP contribution in [0.25, 0.3) is 0 Å². The van der Waals surface area contributed by atoms with Crippen LogP contribution < -0.4 is 5.32 Å². The summed E-state index contributed by atoms with van der Waals surface area (Å²) in [5.74, 6) is 0.279. The van der Waals surface area contributed by atoms with Crippen molar-refractivity contribution in [2.24, 2.45) is 13.0 Å². The zero-order valence-electron chi connectivity index (χ0n) is 9.40. The van der Waals surface area contributed by atoms with Crippen LogP contribution in [0.1, 0.15) is 25.5 Å². The molecule has 0 radical (unpaired) electrons. The Balaban J connectivity index is 2.21. The molecule has 2 N–H and O–H groups in total. The minimum Gasteiger partial charge on any atom is -0.384 e. The number of hydrogen-bond acceptors (Lipinski definition) is 3. The number of piperidine rings is 1. The van der Waals surface area contributed by atoms with Gasteiger partial charge in [0.15, 0.2) is 0 Å². The molecule has 2 unspecified atom stereocenters. The summed E-state index contributed by atoms with van der Waals surface area (Å²) < 4.78 is 1.76. The highest BCUT2D eigenvalue weighted by molar-refractivity contribution is 5.12. The Kier molecular flexibility index (Phi) is 2.80. The van der Waals surface area contributed by atoms with Gasteiger partial charge in [0.2, 0.25) is 0 Å². The number of hydrogen-bond donors (Lipinski definition) is 2. The van der Waals surface area contributed by atoms with E-state index in [0.717, 1.165) is 31.6 Å². The number of aliphatic hydroxyl groups is 1. The molecule has 0 saturated carbocycles. The van der Waals surface area contributed by atoms with E-state index in [0.29, 0.717) is 0 Å². The van der Waals surface area contributed by atoms with E-state index >= 15 is 0 Å². The Morgan fingerprint density at radius 1 is 1.67 bits per heavy atom. The fraction of sp³-hybridized carbons (Fsp3) is 0.727. The third kappa shape index (κ3) is 1.92. The first-order valence-corrected chi connectivity index (χ1v) is 5.54. The van der Waals surface area contributed by atoms with Gasteiger partial charge in [-0.3, -0.25) is 4.68 Å². The van der Waals surface area contributed by atoms with Crippen LogP contribution in [0.5, 0.6) is 0 Å². The van der Waals surface area contributed by atoms with Crippen molar-refractivity contribution in [3.63, 3.8) is 0 Å². The molecule has 1 aromatic rings. The summed E-state index contributed by atoms with van der Waals surface area (Å²) in [6.07, 6.45) is 3.95. The van der Waals surface area contributed by atoms with Gasteiger partial charge in [0.05, 0.1) is 5.69 Å². The third-order valence-corrected chi connectivity index (χ3v) is 3.43. The minimum atomic E-state index is -0.779. The first kappa shape index (κ1) is 10.6. The molecule has 1 fully saturated rings. The van der Waals surface area contributed by atoms with Crippen molar-refractivity contribution < 1.29 is 5.11 Å². The number of aryl methyl sites for hydroxylation is 1. The monoisotopic (exact) mass is 209 g/mol. The second-order valence-electron chi connectivity index (χ2n) is 4.53. The highest BCUT2D eigenvalue weighted by Crippen LogP contribution is 2.32. The Morgan fingerprint density at radius 3 is 3.00 bits per heavy atom. The average molecular weight is 209 g/mol. The van der Waals surface area contributed by atoms with Gasteiger partial charge in [-0.05, 0) is 32.4 Å². The molecule has 0 spiro atoms. The van der Waals surface area contributed by atoms with Gasteiger partial charge in [-0.15, -0.1) is 0 Å². The van der Waals surface area contributed by atoms with Gasteiger partial charge in [0.1, 0.15) is 5.60 Å². The van der Waals surface area contributed by atoms with Crippen LogP contribution in [-0.4, -0.2) is 28.0 Å². The number of aromatic nitrogens is 2. The quantitative estimate of drug-likeness (QED) is 0.751. The van der Waals surface area contributed by atoms with Crippen LogP contribution in [0, 0.1) is 5.92 Å². The fourth-order valence-corrected chi connectivity index (χ4v) is 2.41. The molecule has 0 amide bonds. The molecule has 4 heteroatoms. The van der Waals surface area contributed by atoms with E-state index in [1.807, 2.05) is 20.0 Å². The van der Waals surface area contributed by atoms with E-state index in [4.69, 9.17) is 0 Å². The van der Waals surface area contributed by atoms with E-state index in [-0.39, 0.29) is 5.92 Å². The first-order valence-electron chi connectivity index (χ1n) is 5.54. The van der Waals surface area contributed by atoms with Crippen LogP contribution in [0.15, 0.2) is 12.3 Å². The molecule has 15 heavy (non-hydrogen) atoms. The molecule has 1 aliphatic heterocycles. The van der Waals surface area contributed by atoms with Crippen LogP contribution >= 0.6 is 0 Å². The van der Waals surface area contributed by atoms with Crippen molar-refractivity contribution in [3.8, 4) is 0 Å². The number of nitrogens with zero attached hydrogens (tertiary/aromatic N) is 2. The molecule has 0 bridgehead atoms. The molecule has 2 atom stereocenters. The molecule has 1 saturated heterocycles. The maximum atomic E-state index is 10.6. The van der Waals surface area contributed by atoms with Crippen molar-refractivity contribution in [1.82, 2.24) is 15.1 Å². The van der Waals surface area contributed by atoms with Crippen molar-refractivity contribution in [1.29, 1.82) is 0 Å². The highest BCUT2D eigenvalue weighted by atomic mass is 16.3. The van der Waals surface area contributed by atoms with Gasteiger partial charge in [0.25, 0.3) is 0 Å². The van der Waals surface area contributed by atoms with Crippen molar-refractivity contribution in [2.75, 3.05) is 13.1 Å². The smallest absolute Gasteiger partial charge is 0.107 e. The summed E-state index contributed by atoms with van der Waals surface area (Å²) in [4.78, 5) is 0. The Hall–Kier alpha value is -0.870. The van der Waals surface area contributed by atoms with Crippen molar-refractivity contribution in [2.45, 2.75) is 25.4 Å². The highest BCUT2D eigenvalue weighted by Gasteiger charge is 2.36. The van der Waals surface area contributed by atoms with Crippen LogP contribution in [-0.2, 0) is 12.6 Å². The lowest BCUT2D eigenvalue weighted by Crippen LogP contribution is -2.43. The van der Waals surface area contributed by atoms with Crippen molar-refractivity contribution >= 4 is 0 Å². The Bertz CT molecular complexity index is 326. The lowest BCUT2D eigenvalue weighted by Gasteiger charge is -2.35. The third-order valence-electron chi connectivity index (χ3n) is 3.43.